The number of dihydropyridines is 1. The van der Waals surface area contributed by atoms with E-state index in [0.29, 0.717) is 28.3 Å². The number of methoxy groups -OCH3 is 1. The Labute approximate surface area is 163 Å². The molecule has 0 fully saturated rings. The van der Waals surface area contributed by atoms with E-state index in [0.717, 1.165) is 17.3 Å². The molecule has 1 atom stereocenters. The molecule has 0 aromatic heterocycles. The molecule has 6 nitrogen and oxygen atoms in total. The van der Waals surface area contributed by atoms with Gasteiger partial charge in [0.1, 0.15) is 6.61 Å². The van der Waals surface area contributed by atoms with Crippen molar-refractivity contribution in [2.24, 2.45) is 0 Å². The highest BCUT2D eigenvalue weighted by molar-refractivity contribution is 8.13. The van der Waals surface area contributed by atoms with E-state index in [1.165, 1.54) is 14.0 Å². The molecule has 1 aliphatic rings. The molecule has 1 aromatic carbocycles. The zero-order valence-corrected chi connectivity index (χ0v) is 16.6. The molecular formula is C20H23NO5S. The number of thioether (sulfide) groups is 1. The summed E-state index contributed by atoms with van der Waals surface area (Å²) in [5, 5.41) is 3.05. The van der Waals surface area contributed by atoms with Crippen LogP contribution in [0.2, 0.25) is 0 Å². The van der Waals surface area contributed by atoms with E-state index in [2.05, 4.69) is 5.32 Å². The molecule has 1 aliphatic heterocycles. The van der Waals surface area contributed by atoms with Crippen molar-refractivity contribution in [1.82, 2.24) is 5.32 Å². The Morgan fingerprint density at radius 1 is 1.04 bits per heavy atom. The molecule has 144 valence electrons. The molecule has 0 bridgehead atoms. The lowest BCUT2D eigenvalue weighted by molar-refractivity contribution is -0.139. The van der Waals surface area contributed by atoms with E-state index in [1.807, 2.05) is 30.3 Å². The van der Waals surface area contributed by atoms with E-state index >= 15 is 0 Å². The summed E-state index contributed by atoms with van der Waals surface area (Å²) in [6.45, 7) is 5.12. The summed E-state index contributed by atoms with van der Waals surface area (Å²) < 4.78 is 10.3. The molecule has 0 saturated carbocycles. The van der Waals surface area contributed by atoms with Crippen molar-refractivity contribution in [2.45, 2.75) is 26.7 Å². The molecule has 1 unspecified atom stereocenters. The summed E-state index contributed by atoms with van der Waals surface area (Å²) >= 11 is 1.10. The van der Waals surface area contributed by atoms with Crippen LogP contribution in [0.3, 0.4) is 0 Å². The van der Waals surface area contributed by atoms with Crippen LogP contribution in [-0.2, 0) is 23.9 Å². The van der Waals surface area contributed by atoms with Crippen molar-refractivity contribution >= 4 is 28.8 Å². The fourth-order valence-electron chi connectivity index (χ4n) is 3.02. The monoisotopic (exact) mass is 389 g/mol. The number of benzene rings is 1. The van der Waals surface area contributed by atoms with Gasteiger partial charge < -0.3 is 14.8 Å². The maximum atomic E-state index is 12.8. The van der Waals surface area contributed by atoms with Crippen LogP contribution in [0, 0.1) is 0 Å². The Balaban J connectivity index is 2.37. The van der Waals surface area contributed by atoms with Crippen LogP contribution in [0.4, 0.5) is 0 Å². The van der Waals surface area contributed by atoms with Crippen LogP contribution in [0.15, 0.2) is 52.9 Å². The maximum absolute atomic E-state index is 12.8. The zero-order valence-electron chi connectivity index (χ0n) is 15.8. The zero-order chi connectivity index (χ0) is 20.0. The van der Waals surface area contributed by atoms with Crippen LogP contribution >= 0.6 is 11.8 Å². The topological polar surface area (TPSA) is 81.7 Å². The number of esters is 2. The smallest absolute Gasteiger partial charge is 0.336 e. The number of nitrogens with one attached hydrogen (secondary N) is 1. The lowest BCUT2D eigenvalue weighted by Gasteiger charge is -2.30. The number of carbonyl (C=O) groups is 3. The summed E-state index contributed by atoms with van der Waals surface area (Å²) in [5.74, 6) is -1.23. The highest BCUT2D eigenvalue weighted by atomic mass is 32.2. The van der Waals surface area contributed by atoms with Gasteiger partial charge >= 0.3 is 11.9 Å². The molecule has 1 aromatic rings. The van der Waals surface area contributed by atoms with Gasteiger partial charge in [-0.3, -0.25) is 4.79 Å². The lowest BCUT2D eigenvalue weighted by Crippen LogP contribution is -2.32. The average Bonchev–Trinajstić information content (AvgIpc) is 2.64. The standard InChI is InChI=1S/C20H23NO5S/c1-12-16(19(23)25-4)18(15-8-6-5-7-9-15)17(13(2)21-12)20(24)26-10-11-27-14(3)22/h5-9,18,21H,10-11H2,1-4H3. The molecule has 0 aliphatic carbocycles. The fourth-order valence-corrected chi connectivity index (χ4v) is 3.48. The number of carbonyl (C=O) groups excluding carboxylic acids is 3. The second-order valence-electron chi connectivity index (χ2n) is 6.01. The average molecular weight is 389 g/mol. The highest BCUT2D eigenvalue weighted by Gasteiger charge is 2.37. The first-order chi connectivity index (χ1) is 12.9. The minimum Gasteiger partial charge on any atom is -0.466 e. The number of ether oxygens (including phenoxy) is 2. The predicted molar refractivity (Wildman–Crippen MR) is 104 cm³/mol. The summed E-state index contributed by atoms with van der Waals surface area (Å²) in [6.07, 6.45) is 0. The van der Waals surface area contributed by atoms with Crippen molar-refractivity contribution in [2.75, 3.05) is 19.5 Å². The minimum absolute atomic E-state index is 0.0329. The van der Waals surface area contributed by atoms with Gasteiger partial charge in [-0.15, -0.1) is 0 Å². The molecular weight excluding hydrogens is 366 g/mol. The van der Waals surface area contributed by atoms with E-state index in [-0.39, 0.29) is 11.7 Å². The summed E-state index contributed by atoms with van der Waals surface area (Å²) in [7, 11) is 1.31. The summed E-state index contributed by atoms with van der Waals surface area (Å²) in [6, 6.07) is 9.29. The molecule has 1 heterocycles. The Morgan fingerprint density at radius 3 is 2.19 bits per heavy atom. The van der Waals surface area contributed by atoms with Crippen molar-refractivity contribution < 1.29 is 23.9 Å². The Kier molecular flexibility index (Phi) is 7.24. The minimum atomic E-state index is -0.590. The van der Waals surface area contributed by atoms with Crippen molar-refractivity contribution in [3.05, 3.63) is 58.4 Å². The number of rotatable bonds is 6. The largest absolute Gasteiger partial charge is 0.466 e. The van der Waals surface area contributed by atoms with Gasteiger partial charge in [-0.05, 0) is 19.4 Å². The second-order valence-corrected chi connectivity index (χ2v) is 7.29. The van der Waals surface area contributed by atoms with Crippen LogP contribution in [0.25, 0.3) is 0 Å². The third kappa shape index (κ3) is 5.01. The van der Waals surface area contributed by atoms with Crippen molar-refractivity contribution in [1.29, 1.82) is 0 Å². The van der Waals surface area contributed by atoms with Crippen molar-refractivity contribution in [3.8, 4) is 0 Å². The maximum Gasteiger partial charge on any atom is 0.336 e. The summed E-state index contributed by atoms with van der Waals surface area (Å²) in [5.41, 5.74) is 2.79. The van der Waals surface area contributed by atoms with Crippen LogP contribution in [0.5, 0.6) is 0 Å². The lowest BCUT2D eigenvalue weighted by atomic mass is 9.80. The molecule has 1 N–H and O–H groups in total. The van der Waals surface area contributed by atoms with E-state index in [4.69, 9.17) is 9.47 Å². The number of hydrogen-bond acceptors (Lipinski definition) is 7. The van der Waals surface area contributed by atoms with Gasteiger partial charge in [0.15, 0.2) is 5.12 Å². The quantitative estimate of drug-likeness (QED) is 0.592. The SMILES string of the molecule is COC(=O)C1=C(C)NC(C)=C(C(=O)OCCSC(C)=O)C1c1ccccc1. The molecule has 0 amide bonds. The Bertz CT molecular complexity index is 798. The van der Waals surface area contributed by atoms with Crippen molar-refractivity contribution in [3.63, 3.8) is 0 Å². The molecule has 2 rings (SSSR count). The Morgan fingerprint density at radius 2 is 1.63 bits per heavy atom. The third-order valence-corrected chi connectivity index (χ3v) is 4.92. The molecule has 7 heteroatoms. The summed E-state index contributed by atoms with van der Waals surface area (Å²) in [4.78, 5) is 36.3. The predicted octanol–water partition coefficient (Wildman–Crippen LogP) is 2.92. The highest BCUT2D eigenvalue weighted by Crippen LogP contribution is 2.39. The van der Waals surface area contributed by atoms with E-state index in [1.54, 1.807) is 13.8 Å². The normalized spacial score (nSPS) is 16.7. The Hall–Kier alpha value is -2.54. The molecule has 0 saturated heterocycles. The van der Waals surface area contributed by atoms with Gasteiger partial charge in [0.05, 0.1) is 24.2 Å². The van der Waals surface area contributed by atoms with Crippen LogP contribution < -0.4 is 5.32 Å². The number of hydrogen-bond donors (Lipinski definition) is 1. The van der Waals surface area contributed by atoms with Gasteiger partial charge in [0.25, 0.3) is 0 Å². The van der Waals surface area contributed by atoms with Crippen LogP contribution in [-0.4, -0.2) is 36.5 Å². The number of allylic oxidation sites excluding steroid dienone is 2. The van der Waals surface area contributed by atoms with Gasteiger partial charge in [0, 0.05) is 24.1 Å². The van der Waals surface area contributed by atoms with E-state index < -0.39 is 17.9 Å². The fraction of sp³-hybridized carbons (Fsp3) is 0.350. The van der Waals surface area contributed by atoms with Gasteiger partial charge in [-0.1, -0.05) is 42.1 Å². The third-order valence-electron chi connectivity index (χ3n) is 4.14. The van der Waals surface area contributed by atoms with Gasteiger partial charge in [-0.2, -0.15) is 0 Å². The second kappa shape index (κ2) is 9.41. The first-order valence-electron chi connectivity index (χ1n) is 8.49. The van der Waals surface area contributed by atoms with Gasteiger partial charge in [-0.25, -0.2) is 9.59 Å². The van der Waals surface area contributed by atoms with E-state index in [9.17, 15) is 14.4 Å². The molecule has 0 spiro atoms. The first-order valence-corrected chi connectivity index (χ1v) is 9.47. The van der Waals surface area contributed by atoms with Gasteiger partial charge in [0.2, 0.25) is 0 Å². The first kappa shape index (κ1) is 20.8. The van der Waals surface area contributed by atoms with Crippen LogP contribution in [0.1, 0.15) is 32.3 Å². The molecule has 0 radical (unpaired) electrons. The molecule has 27 heavy (non-hydrogen) atoms.